The Bertz CT molecular complexity index is 2250. The molecule has 3 fully saturated rings. The summed E-state index contributed by atoms with van der Waals surface area (Å²) in [5, 5.41) is 21.6. The molecule has 61 heavy (non-hydrogen) atoms. The van der Waals surface area contributed by atoms with E-state index in [2.05, 4.69) is 56.1 Å². The molecule has 0 spiro atoms. The minimum Gasteiger partial charge on any atom is -0.492 e. The van der Waals surface area contributed by atoms with Crippen LogP contribution in [0, 0.1) is 0 Å². The molecule has 4 amide bonds. The number of anilines is 1. The van der Waals surface area contributed by atoms with Gasteiger partial charge in [-0.25, -0.2) is 0 Å². The van der Waals surface area contributed by atoms with E-state index < -0.39 is 30.9 Å². The summed E-state index contributed by atoms with van der Waals surface area (Å²) in [5.74, 6) is -1.12. The van der Waals surface area contributed by atoms with Gasteiger partial charge < -0.3 is 19.7 Å². The molecule has 4 aromatic carbocycles. The first-order valence-electron chi connectivity index (χ1n) is 21.4. The number of carbonyl (C=O) groups is 4. The van der Waals surface area contributed by atoms with Crippen LogP contribution >= 0.6 is 0 Å². The lowest BCUT2D eigenvalue weighted by molar-refractivity contribution is -0.136. The predicted octanol–water partition coefficient (Wildman–Crippen LogP) is 2.96. The highest BCUT2D eigenvalue weighted by atomic mass is 16.5. The van der Waals surface area contributed by atoms with Crippen molar-refractivity contribution in [1.29, 1.82) is 0 Å². The van der Waals surface area contributed by atoms with Crippen molar-refractivity contribution in [3.05, 3.63) is 125 Å². The van der Waals surface area contributed by atoms with Gasteiger partial charge in [-0.15, -0.1) is 0 Å². The Morgan fingerprint density at radius 3 is 1.89 bits per heavy atom. The van der Waals surface area contributed by atoms with Crippen molar-refractivity contribution in [1.82, 2.24) is 24.9 Å². The first-order chi connectivity index (χ1) is 29.7. The van der Waals surface area contributed by atoms with E-state index >= 15 is 0 Å². The Morgan fingerprint density at radius 1 is 0.689 bits per heavy atom. The molecular formula is C47H53BN6O7. The molecule has 1 unspecified atom stereocenters. The third-order valence-electron chi connectivity index (χ3n) is 12.5. The van der Waals surface area contributed by atoms with Gasteiger partial charge in [0.05, 0.1) is 11.1 Å². The summed E-state index contributed by atoms with van der Waals surface area (Å²) in [6.45, 7) is 13.1. The van der Waals surface area contributed by atoms with Crippen molar-refractivity contribution in [2.45, 2.75) is 32.2 Å². The third kappa shape index (κ3) is 9.49. The average molecular weight is 825 g/mol. The summed E-state index contributed by atoms with van der Waals surface area (Å²) in [6.07, 6.45) is 1.07. The molecule has 13 nitrogen and oxygen atoms in total. The molecule has 0 saturated carbocycles. The highest BCUT2D eigenvalue weighted by molar-refractivity contribution is 6.58. The number of piperidine rings is 1. The number of ether oxygens (including phenoxy) is 1. The van der Waals surface area contributed by atoms with Crippen molar-refractivity contribution < 1.29 is 34.0 Å². The topological polar surface area (TPSA) is 146 Å². The van der Waals surface area contributed by atoms with Crippen molar-refractivity contribution >= 4 is 53.0 Å². The van der Waals surface area contributed by atoms with E-state index in [0.717, 1.165) is 117 Å². The van der Waals surface area contributed by atoms with E-state index in [9.17, 15) is 29.2 Å². The van der Waals surface area contributed by atoms with E-state index in [0.29, 0.717) is 23.2 Å². The second kappa shape index (κ2) is 19.0. The molecule has 316 valence electrons. The van der Waals surface area contributed by atoms with Gasteiger partial charge >= 0.3 is 7.12 Å². The molecule has 0 bridgehead atoms. The lowest BCUT2D eigenvalue weighted by atomic mass is 9.79. The zero-order valence-electron chi connectivity index (χ0n) is 34.7. The number of hydrogen-bond donors (Lipinski definition) is 3. The molecule has 14 heteroatoms. The number of allylic oxidation sites excluding steroid dienone is 1. The molecule has 0 aromatic heterocycles. The highest BCUT2D eigenvalue weighted by Crippen LogP contribution is 2.35. The largest absolute Gasteiger partial charge is 0.492 e. The summed E-state index contributed by atoms with van der Waals surface area (Å²) in [7, 11) is -1.51. The van der Waals surface area contributed by atoms with Crippen molar-refractivity contribution in [3.8, 4) is 5.75 Å². The molecule has 3 saturated heterocycles. The number of imide groups is 2. The molecule has 3 N–H and O–H groups in total. The van der Waals surface area contributed by atoms with Crippen LogP contribution in [0.1, 0.15) is 63.6 Å². The van der Waals surface area contributed by atoms with Crippen LogP contribution in [0.4, 0.5) is 5.69 Å². The average Bonchev–Trinajstić information content (AvgIpc) is 3.53. The first-order valence-corrected chi connectivity index (χ1v) is 21.4. The van der Waals surface area contributed by atoms with Crippen LogP contribution in [0.3, 0.4) is 0 Å². The number of benzene rings is 4. The Hall–Kier alpha value is -5.64. The zero-order chi connectivity index (χ0) is 42.5. The van der Waals surface area contributed by atoms with E-state index in [1.165, 1.54) is 5.57 Å². The van der Waals surface area contributed by atoms with Crippen LogP contribution in [-0.2, 0) is 9.59 Å². The fourth-order valence-electron chi connectivity index (χ4n) is 8.92. The van der Waals surface area contributed by atoms with Gasteiger partial charge in [-0.3, -0.25) is 44.1 Å². The van der Waals surface area contributed by atoms with Crippen LogP contribution in [0.5, 0.6) is 5.75 Å². The van der Waals surface area contributed by atoms with Crippen LogP contribution in [0.2, 0.25) is 0 Å². The van der Waals surface area contributed by atoms with Crippen LogP contribution in [0.25, 0.3) is 11.1 Å². The number of amides is 4. The Labute approximate surface area is 357 Å². The summed E-state index contributed by atoms with van der Waals surface area (Å²) < 4.78 is 6.23. The maximum atomic E-state index is 13.3. The van der Waals surface area contributed by atoms with E-state index in [1.807, 2.05) is 48.5 Å². The lowest BCUT2D eigenvalue weighted by Crippen LogP contribution is -2.54. The van der Waals surface area contributed by atoms with Gasteiger partial charge in [0, 0.05) is 84.1 Å². The molecule has 0 aliphatic carbocycles. The molecule has 4 aliphatic heterocycles. The number of rotatable bonds is 14. The highest BCUT2D eigenvalue weighted by Gasteiger charge is 2.45. The van der Waals surface area contributed by atoms with E-state index in [1.54, 1.807) is 24.3 Å². The van der Waals surface area contributed by atoms with Crippen LogP contribution in [-0.4, -0.2) is 145 Å². The standard InChI is InChI=1S/C47H53BN6O7/c1-2-39(33-6-4-3-5-7-33)44(34-8-12-36(13-9-34)48(59)60)35-10-15-38(16-11-35)61-31-30-52-24-22-50(23-25-52)20-21-51-26-28-53(29-27-51)37-14-17-40-41(32-37)47(58)54(46(40)57)42-18-19-43(55)49-45(42)56/h3-17,32,42,59-60H,2,18-31H2,1H3,(H,49,55,56)/b44-39+. The second-order valence-electron chi connectivity index (χ2n) is 16.1. The molecule has 4 aliphatic rings. The number of hydrogen-bond acceptors (Lipinski definition) is 11. The quantitative estimate of drug-likeness (QED) is 0.0981. The summed E-state index contributed by atoms with van der Waals surface area (Å²) >= 11 is 0. The van der Waals surface area contributed by atoms with Crippen molar-refractivity contribution in [2.24, 2.45) is 0 Å². The maximum Gasteiger partial charge on any atom is 0.488 e. The lowest BCUT2D eigenvalue weighted by Gasteiger charge is -2.39. The summed E-state index contributed by atoms with van der Waals surface area (Å²) in [4.78, 5) is 61.2. The van der Waals surface area contributed by atoms with Gasteiger partial charge in [-0.1, -0.05) is 73.7 Å². The summed E-state index contributed by atoms with van der Waals surface area (Å²) in [5.41, 5.74) is 7.51. The third-order valence-corrected chi connectivity index (χ3v) is 12.5. The Kier molecular flexibility index (Phi) is 13.1. The van der Waals surface area contributed by atoms with Crippen LogP contribution < -0.4 is 20.4 Å². The Morgan fingerprint density at radius 2 is 1.28 bits per heavy atom. The van der Waals surface area contributed by atoms with Gasteiger partial charge in [0.15, 0.2) is 0 Å². The molecule has 4 aromatic rings. The SMILES string of the molecule is CC/C(=C(\c1ccc(OCCN2CCN(CCN3CCN(c4ccc5c(c4)C(=O)N(C4CCC(=O)NC4=O)C5=O)CC3)CC2)cc1)c1ccc(B(O)O)cc1)c1ccccc1. The molecule has 0 radical (unpaired) electrons. The molecular weight excluding hydrogens is 771 g/mol. The van der Waals surface area contributed by atoms with Crippen LogP contribution in [0.15, 0.2) is 97.1 Å². The number of piperazine rings is 2. The zero-order valence-corrected chi connectivity index (χ0v) is 34.7. The smallest absolute Gasteiger partial charge is 0.488 e. The van der Waals surface area contributed by atoms with E-state index in [-0.39, 0.29) is 18.7 Å². The molecule has 1 atom stereocenters. The van der Waals surface area contributed by atoms with Crippen molar-refractivity contribution in [2.75, 3.05) is 83.5 Å². The normalized spacial score (nSPS) is 19.5. The van der Waals surface area contributed by atoms with Crippen molar-refractivity contribution in [3.63, 3.8) is 0 Å². The first kappa shape index (κ1) is 42.1. The fourth-order valence-corrected chi connectivity index (χ4v) is 8.92. The van der Waals surface area contributed by atoms with Gasteiger partial charge in [0.2, 0.25) is 11.8 Å². The summed E-state index contributed by atoms with van der Waals surface area (Å²) in [6, 6.07) is 30.4. The monoisotopic (exact) mass is 824 g/mol. The fraction of sp³-hybridized carbons (Fsp3) is 0.362. The minimum absolute atomic E-state index is 0.0962. The number of fused-ring (bicyclic) bond motifs is 1. The number of nitrogens with zero attached hydrogens (tertiary/aromatic N) is 5. The van der Waals surface area contributed by atoms with E-state index in [4.69, 9.17) is 4.74 Å². The predicted molar refractivity (Wildman–Crippen MR) is 236 cm³/mol. The number of carbonyl (C=O) groups excluding carboxylic acids is 4. The molecule has 8 rings (SSSR count). The second-order valence-corrected chi connectivity index (χ2v) is 16.1. The Balaban J connectivity index is 0.773. The maximum absolute atomic E-state index is 13.3. The number of nitrogens with one attached hydrogen (secondary N) is 1. The van der Waals surface area contributed by atoms with Gasteiger partial charge in [-0.2, -0.15) is 0 Å². The molecule has 4 heterocycles. The minimum atomic E-state index is -1.51. The van der Waals surface area contributed by atoms with Gasteiger partial charge in [0.1, 0.15) is 18.4 Å². The van der Waals surface area contributed by atoms with Gasteiger partial charge in [0.25, 0.3) is 11.8 Å². The van der Waals surface area contributed by atoms with Gasteiger partial charge in [-0.05, 0) is 76.5 Å².